The predicted molar refractivity (Wildman–Crippen MR) is 98.5 cm³/mol. The van der Waals surface area contributed by atoms with E-state index in [9.17, 15) is 18.4 Å². The molecule has 1 N–H and O–H groups in total. The van der Waals surface area contributed by atoms with Gasteiger partial charge in [0.05, 0.1) is 17.6 Å². The number of aromatic nitrogens is 2. The van der Waals surface area contributed by atoms with E-state index in [2.05, 4.69) is 10.3 Å². The number of nitrogens with zero attached hydrogens (tertiary/aromatic N) is 3. The second-order valence-electron chi connectivity index (χ2n) is 6.79. The maximum absolute atomic E-state index is 14.2. The lowest BCUT2D eigenvalue weighted by Gasteiger charge is -2.22. The molecule has 1 unspecified atom stereocenters. The maximum Gasteiger partial charge on any atom is 0.325 e. The lowest BCUT2D eigenvalue weighted by atomic mass is 9.91. The summed E-state index contributed by atoms with van der Waals surface area (Å²) in [5.74, 6) is -1.72. The minimum atomic E-state index is -1.71. The number of amides is 3. The van der Waals surface area contributed by atoms with Crippen molar-refractivity contribution in [3.05, 3.63) is 64.4 Å². The van der Waals surface area contributed by atoms with E-state index in [1.165, 1.54) is 6.92 Å². The van der Waals surface area contributed by atoms with Crippen LogP contribution in [0.2, 0.25) is 5.02 Å². The average Bonchev–Trinajstić information content (AvgIpc) is 3.06. The van der Waals surface area contributed by atoms with E-state index in [0.717, 1.165) is 28.6 Å². The number of urea groups is 1. The molecule has 1 aromatic heterocycles. The van der Waals surface area contributed by atoms with E-state index in [1.54, 1.807) is 29.8 Å². The Morgan fingerprint density at radius 2 is 1.93 bits per heavy atom. The first kappa shape index (κ1) is 18.4. The van der Waals surface area contributed by atoms with E-state index < -0.39 is 29.1 Å². The molecule has 1 atom stereocenters. The van der Waals surface area contributed by atoms with Crippen LogP contribution >= 0.6 is 11.6 Å². The molecule has 3 aromatic rings. The van der Waals surface area contributed by atoms with Crippen molar-refractivity contribution in [1.29, 1.82) is 0 Å². The SMILES string of the molecule is Cn1c(CN2C(=O)NC(C)(c3cc(F)ccc3F)C2=O)nc2cc(Cl)ccc21. The Labute approximate surface area is 163 Å². The summed E-state index contributed by atoms with van der Waals surface area (Å²) in [6.45, 7) is 1.22. The van der Waals surface area contributed by atoms with E-state index >= 15 is 0 Å². The van der Waals surface area contributed by atoms with Crippen LogP contribution in [0, 0.1) is 11.6 Å². The quantitative estimate of drug-likeness (QED) is 0.680. The molecule has 4 rings (SSSR count). The number of hydrogen-bond donors (Lipinski definition) is 1. The topological polar surface area (TPSA) is 67.2 Å². The largest absolute Gasteiger partial charge is 0.330 e. The van der Waals surface area contributed by atoms with Crippen molar-refractivity contribution in [2.24, 2.45) is 7.05 Å². The molecule has 0 spiro atoms. The van der Waals surface area contributed by atoms with Crippen LogP contribution in [0.1, 0.15) is 18.3 Å². The van der Waals surface area contributed by atoms with Gasteiger partial charge in [0.2, 0.25) is 0 Å². The van der Waals surface area contributed by atoms with Crippen LogP contribution in [-0.2, 0) is 23.9 Å². The summed E-state index contributed by atoms with van der Waals surface area (Å²) in [5, 5.41) is 2.98. The molecule has 1 fully saturated rings. The molecule has 0 saturated carbocycles. The first-order valence-corrected chi connectivity index (χ1v) is 8.79. The Morgan fingerprint density at radius 1 is 1.18 bits per heavy atom. The number of carbonyl (C=O) groups excluding carboxylic acids is 2. The normalized spacial score (nSPS) is 19.5. The number of nitrogens with one attached hydrogen (secondary N) is 1. The number of imidazole rings is 1. The zero-order chi connectivity index (χ0) is 20.2. The Bertz CT molecular complexity index is 1150. The van der Waals surface area contributed by atoms with Gasteiger partial charge >= 0.3 is 6.03 Å². The standard InChI is InChI=1S/C19H15ClF2N4O2/c1-19(12-8-11(21)4-5-13(12)22)17(27)26(18(28)24-19)9-16-23-14-7-10(20)3-6-15(14)25(16)2/h3-8H,9H2,1-2H3,(H,24,28). The third-order valence-electron chi connectivity index (χ3n) is 4.98. The molecule has 2 aromatic carbocycles. The van der Waals surface area contributed by atoms with Crippen LogP contribution in [-0.4, -0.2) is 26.4 Å². The van der Waals surface area contributed by atoms with E-state index in [1.807, 2.05) is 0 Å². The van der Waals surface area contributed by atoms with Gasteiger partial charge in [-0.25, -0.2) is 18.6 Å². The molecule has 6 nitrogen and oxygen atoms in total. The highest BCUT2D eigenvalue weighted by Crippen LogP contribution is 2.32. The predicted octanol–water partition coefficient (Wildman–Crippen LogP) is 3.47. The van der Waals surface area contributed by atoms with Gasteiger partial charge in [-0.1, -0.05) is 11.6 Å². The van der Waals surface area contributed by atoms with Crippen LogP contribution in [0.4, 0.5) is 13.6 Å². The zero-order valence-corrected chi connectivity index (χ0v) is 15.7. The van der Waals surface area contributed by atoms with Crippen LogP contribution in [0.5, 0.6) is 0 Å². The number of aryl methyl sites for hydroxylation is 1. The van der Waals surface area contributed by atoms with Gasteiger partial charge in [0, 0.05) is 17.6 Å². The van der Waals surface area contributed by atoms with Crippen molar-refractivity contribution in [3.63, 3.8) is 0 Å². The van der Waals surface area contributed by atoms with Gasteiger partial charge in [0.25, 0.3) is 5.91 Å². The minimum Gasteiger partial charge on any atom is -0.330 e. The van der Waals surface area contributed by atoms with Crippen molar-refractivity contribution in [3.8, 4) is 0 Å². The molecule has 0 aliphatic carbocycles. The summed E-state index contributed by atoms with van der Waals surface area (Å²) in [6.07, 6.45) is 0. The highest BCUT2D eigenvalue weighted by atomic mass is 35.5. The highest BCUT2D eigenvalue weighted by molar-refractivity contribution is 6.31. The van der Waals surface area contributed by atoms with Crippen molar-refractivity contribution in [1.82, 2.24) is 19.8 Å². The fourth-order valence-corrected chi connectivity index (χ4v) is 3.58. The second-order valence-corrected chi connectivity index (χ2v) is 7.23. The third kappa shape index (κ3) is 2.72. The van der Waals surface area contributed by atoms with Crippen LogP contribution in [0.25, 0.3) is 11.0 Å². The number of benzene rings is 2. The van der Waals surface area contributed by atoms with Crippen molar-refractivity contribution in [2.45, 2.75) is 19.0 Å². The highest BCUT2D eigenvalue weighted by Gasteiger charge is 2.50. The van der Waals surface area contributed by atoms with E-state index in [0.29, 0.717) is 16.4 Å². The number of hydrogen-bond acceptors (Lipinski definition) is 3. The molecular formula is C19H15ClF2N4O2. The molecule has 0 bridgehead atoms. The Hall–Kier alpha value is -3.00. The number of rotatable bonds is 3. The third-order valence-corrected chi connectivity index (χ3v) is 5.21. The van der Waals surface area contributed by atoms with Gasteiger partial charge in [-0.15, -0.1) is 0 Å². The van der Waals surface area contributed by atoms with Gasteiger partial charge in [-0.2, -0.15) is 0 Å². The molecule has 0 radical (unpaired) electrons. The molecule has 9 heteroatoms. The van der Waals surface area contributed by atoms with E-state index in [-0.39, 0.29) is 12.1 Å². The van der Waals surface area contributed by atoms with E-state index in [4.69, 9.17) is 11.6 Å². The van der Waals surface area contributed by atoms with Gasteiger partial charge in [-0.3, -0.25) is 9.69 Å². The van der Waals surface area contributed by atoms with Gasteiger partial charge in [-0.05, 0) is 43.3 Å². The minimum absolute atomic E-state index is 0.125. The number of carbonyl (C=O) groups is 2. The second kappa shape index (κ2) is 6.27. The average molecular weight is 405 g/mol. The summed E-state index contributed by atoms with van der Waals surface area (Å²) >= 11 is 5.99. The molecule has 1 aliphatic heterocycles. The number of halogens is 3. The first-order valence-electron chi connectivity index (χ1n) is 8.41. The number of fused-ring (bicyclic) bond motifs is 1. The van der Waals surface area contributed by atoms with Crippen LogP contribution in [0.3, 0.4) is 0 Å². The molecule has 2 heterocycles. The van der Waals surface area contributed by atoms with Crippen LogP contribution in [0.15, 0.2) is 36.4 Å². The smallest absolute Gasteiger partial charge is 0.325 e. The van der Waals surface area contributed by atoms with Crippen LogP contribution < -0.4 is 5.32 Å². The van der Waals surface area contributed by atoms with Crippen molar-refractivity contribution >= 4 is 34.6 Å². The molecule has 1 saturated heterocycles. The summed E-state index contributed by atoms with van der Waals surface area (Å²) < 4.78 is 29.6. The Kier molecular flexibility index (Phi) is 4.11. The molecule has 28 heavy (non-hydrogen) atoms. The zero-order valence-electron chi connectivity index (χ0n) is 15.0. The Morgan fingerprint density at radius 3 is 2.68 bits per heavy atom. The summed E-state index contributed by atoms with van der Waals surface area (Å²) in [5.41, 5.74) is -0.538. The maximum atomic E-state index is 14.2. The molecule has 3 amide bonds. The first-order chi connectivity index (χ1) is 13.2. The molecule has 1 aliphatic rings. The summed E-state index contributed by atoms with van der Waals surface area (Å²) in [7, 11) is 1.75. The fraction of sp³-hybridized carbons (Fsp3) is 0.211. The Balaban J connectivity index is 1.70. The lowest BCUT2D eigenvalue weighted by Crippen LogP contribution is -2.41. The lowest BCUT2D eigenvalue weighted by molar-refractivity contribution is -0.131. The number of imide groups is 1. The molecule has 144 valence electrons. The van der Waals surface area contributed by atoms with Crippen molar-refractivity contribution in [2.75, 3.05) is 0 Å². The van der Waals surface area contributed by atoms with Crippen molar-refractivity contribution < 1.29 is 18.4 Å². The van der Waals surface area contributed by atoms with Gasteiger partial charge < -0.3 is 9.88 Å². The van der Waals surface area contributed by atoms with Gasteiger partial charge in [0.15, 0.2) is 0 Å². The molecular weight excluding hydrogens is 390 g/mol. The summed E-state index contributed by atoms with van der Waals surface area (Å²) in [4.78, 5) is 30.8. The van der Waals surface area contributed by atoms with Gasteiger partial charge in [0.1, 0.15) is 23.0 Å². The monoisotopic (exact) mass is 404 g/mol. The summed E-state index contributed by atoms with van der Waals surface area (Å²) in [6, 6.07) is 7.26. The fourth-order valence-electron chi connectivity index (χ4n) is 3.41.